The van der Waals surface area contributed by atoms with Gasteiger partial charge in [0.1, 0.15) is 0 Å². The molecule has 0 radical (unpaired) electrons. The molecule has 3 N–H and O–H groups in total. The number of piperidine rings is 1. The summed E-state index contributed by atoms with van der Waals surface area (Å²) in [4.78, 5) is 11.7. The van der Waals surface area contributed by atoms with E-state index in [2.05, 4.69) is 16.0 Å². The normalized spacial score (nSPS) is 25.9. The van der Waals surface area contributed by atoms with Gasteiger partial charge >= 0.3 is 18.4 Å². The Kier molecular flexibility index (Phi) is 6.76. The number of alkyl halides is 6. The van der Waals surface area contributed by atoms with Crippen LogP contribution >= 0.6 is 0 Å². The van der Waals surface area contributed by atoms with E-state index in [-0.39, 0.29) is 36.4 Å². The molecule has 2 saturated heterocycles. The molecule has 0 spiro atoms. The van der Waals surface area contributed by atoms with Gasteiger partial charge in [-0.15, -0.1) is 0 Å². The Hall–Kier alpha value is -2.79. The topological polar surface area (TPSA) is 62.4 Å². The Bertz CT molecular complexity index is 1030. The molecular weight excluding hydrogens is 476 g/mol. The highest BCUT2D eigenvalue weighted by atomic mass is 19.4. The van der Waals surface area contributed by atoms with Crippen LogP contribution in [0.2, 0.25) is 0 Å². The van der Waals surface area contributed by atoms with Gasteiger partial charge in [0, 0.05) is 18.6 Å². The van der Waals surface area contributed by atoms with E-state index in [0.717, 1.165) is 5.56 Å². The maximum Gasteiger partial charge on any atom is 0.416 e. The zero-order valence-corrected chi connectivity index (χ0v) is 18.8. The number of hydrogen-bond acceptors (Lipinski definition) is 3. The number of hydrogen-bond donors (Lipinski definition) is 3. The smallest absolute Gasteiger partial charge is 0.372 e. The number of benzene rings is 2. The number of fused-ring (bicyclic) bond motifs is 1. The Morgan fingerprint density at radius 3 is 2.23 bits per heavy atom. The van der Waals surface area contributed by atoms with E-state index >= 15 is 0 Å². The quantitative estimate of drug-likeness (QED) is 0.498. The number of nitrogens with one attached hydrogen (secondary N) is 3. The largest absolute Gasteiger partial charge is 0.416 e. The maximum atomic E-state index is 13.3. The molecule has 11 heteroatoms. The average molecular weight is 501 g/mol. The number of carbonyl (C=O) groups excluding carboxylic acids is 1. The van der Waals surface area contributed by atoms with Crippen LogP contribution in [0.25, 0.3) is 0 Å². The third-order valence-electron chi connectivity index (χ3n) is 6.61. The second-order valence-electron chi connectivity index (χ2n) is 8.99. The monoisotopic (exact) mass is 501 g/mol. The Labute approximate surface area is 198 Å². The van der Waals surface area contributed by atoms with Gasteiger partial charge in [-0.2, -0.15) is 26.3 Å². The van der Waals surface area contributed by atoms with Gasteiger partial charge in [0.05, 0.1) is 29.4 Å². The van der Waals surface area contributed by atoms with Crippen LogP contribution in [-0.2, 0) is 22.6 Å². The first kappa shape index (κ1) is 25.3. The lowest BCUT2D eigenvalue weighted by molar-refractivity contribution is -0.143. The summed E-state index contributed by atoms with van der Waals surface area (Å²) in [5, 5.41) is 9.13. The van der Waals surface area contributed by atoms with Gasteiger partial charge in [0.15, 0.2) is 0 Å². The van der Waals surface area contributed by atoms with Gasteiger partial charge in [-0.1, -0.05) is 30.3 Å². The molecular formula is C24H25F6N3O2. The lowest BCUT2D eigenvalue weighted by atomic mass is 9.78. The average Bonchev–Trinajstić information content (AvgIpc) is 2.81. The molecule has 2 fully saturated rings. The van der Waals surface area contributed by atoms with Gasteiger partial charge < -0.3 is 15.4 Å². The van der Waals surface area contributed by atoms with E-state index in [1.165, 1.54) is 6.92 Å². The molecule has 2 aliphatic heterocycles. The molecule has 0 bridgehead atoms. The second-order valence-corrected chi connectivity index (χ2v) is 8.99. The number of halogens is 6. The van der Waals surface area contributed by atoms with Crippen molar-refractivity contribution in [3.63, 3.8) is 0 Å². The van der Waals surface area contributed by atoms with Gasteiger partial charge in [-0.05, 0) is 49.1 Å². The fourth-order valence-corrected chi connectivity index (χ4v) is 4.68. The minimum Gasteiger partial charge on any atom is -0.372 e. The third-order valence-corrected chi connectivity index (χ3v) is 6.61. The molecule has 3 unspecified atom stereocenters. The summed E-state index contributed by atoms with van der Waals surface area (Å²) in [5.74, 6) is 0. The van der Waals surface area contributed by atoms with Crippen molar-refractivity contribution >= 4 is 6.03 Å². The molecule has 2 aliphatic rings. The number of carbonyl (C=O) groups is 1. The molecule has 2 heterocycles. The summed E-state index contributed by atoms with van der Waals surface area (Å²) in [6.45, 7) is 1.82. The SMILES string of the molecule is C[C@@H](OCC1(c2ccccc2)CCC2NC(=O)NCC2N1)c1cc(C(F)(F)F)cc(C(F)(F)F)c1. The van der Waals surface area contributed by atoms with Crippen molar-refractivity contribution in [3.05, 3.63) is 70.8 Å². The van der Waals surface area contributed by atoms with Gasteiger partial charge in [-0.25, -0.2) is 4.79 Å². The number of rotatable bonds is 5. The van der Waals surface area contributed by atoms with Crippen molar-refractivity contribution < 1.29 is 35.9 Å². The van der Waals surface area contributed by atoms with Crippen molar-refractivity contribution in [1.29, 1.82) is 0 Å². The van der Waals surface area contributed by atoms with E-state index in [4.69, 9.17) is 4.74 Å². The fraction of sp³-hybridized carbons (Fsp3) is 0.458. The maximum absolute atomic E-state index is 13.3. The van der Waals surface area contributed by atoms with Crippen molar-refractivity contribution in [2.45, 2.75) is 55.8 Å². The van der Waals surface area contributed by atoms with E-state index in [9.17, 15) is 31.1 Å². The predicted molar refractivity (Wildman–Crippen MR) is 115 cm³/mol. The molecule has 2 aromatic carbocycles. The summed E-state index contributed by atoms with van der Waals surface area (Å²) in [6.07, 6.45) is -9.73. The van der Waals surface area contributed by atoms with Crippen molar-refractivity contribution in [3.8, 4) is 0 Å². The van der Waals surface area contributed by atoms with Gasteiger partial charge in [0.2, 0.25) is 0 Å². The van der Waals surface area contributed by atoms with Crippen LogP contribution in [0.15, 0.2) is 48.5 Å². The first-order valence-electron chi connectivity index (χ1n) is 11.2. The molecule has 35 heavy (non-hydrogen) atoms. The van der Waals surface area contributed by atoms with Gasteiger partial charge in [0.25, 0.3) is 0 Å². The van der Waals surface area contributed by atoms with Gasteiger partial charge in [-0.3, -0.25) is 5.32 Å². The number of amides is 2. The Morgan fingerprint density at radius 1 is 1.00 bits per heavy atom. The summed E-state index contributed by atoms with van der Waals surface area (Å²) >= 11 is 0. The van der Waals surface area contributed by atoms with Crippen LogP contribution in [0.5, 0.6) is 0 Å². The van der Waals surface area contributed by atoms with Crippen molar-refractivity contribution in [1.82, 2.24) is 16.0 Å². The number of urea groups is 1. The van der Waals surface area contributed by atoms with Crippen LogP contribution in [0, 0.1) is 0 Å². The highest BCUT2D eigenvalue weighted by Crippen LogP contribution is 2.39. The van der Waals surface area contributed by atoms with Crippen molar-refractivity contribution in [2.75, 3.05) is 13.2 Å². The molecule has 4 atom stereocenters. The van der Waals surface area contributed by atoms with E-state index in [0.29, 0.717) is 31.5 Å². The summed E-state index contributed by atoms with van der Waals surface area (Å²) < 4.78 is 85.7. The van der Waals surface area contributed by atoms with E-state index in [1.807, 2.05) is 30.3 Å². The third kappa shape index (κ3) is 5.56. The predicted octanol–water partition coefficient (Wildman–Crippen LogP) is 5.13. The summed E-state index contributed by atoms with van der Waals surface area (Å²) in [6, 6.07) is 10.3. The lowest BCUT2D eigenvalue weighted by Crippen LogP contribution is -2.69. The molecule has 0 aromatic heterocycles. The molecule has 0 saturated carbocycles. The summed E-state index contributed by atoms with van der Waals surface area (Å²) in [5.41, 5.74) is -2.83. The van der Waals surface area contributed by atoms with Crippen LogP contribution in [0.1, 0.15) is 48.1 Å². The molecule has 190 valence electrons. The van der Waals surface area contributed by atoms with Crippen molar-refractivity contribution in [2.24, 2.45) is 0 Å². The fourth-order valence-electron chi connectivity index (χ4n) is 4.68. The lowest BCUT2D eigenvalue weighted by Gasteiger charge is -2.48. The Morgan fingerprint density at radius 2 is 1.63 bits per heavy atom. The van der Waals surface area contributed by atoms with E-state index < -0.39 is 35.1 Å². The summed E-state index contributed by atoms with van der Waals surface area (Å²) in [7, 11) is 0. The molecule has 2 aromatic rings. The minimum atomic E-state index is -4.93. The molecule has 2 amide bonds. The van der Waals surface area contributed by atoms with Crippen LogP contribution in [0.3, 0.4) is 0 Å². The highest BCUT2D eigenvalue weighted by molar-refractivity contribution is 5.75. The highest BCUT2D eigenvalue weighted by Gasteiger charge is 2.44. The van der Waals surface area contributed by atoms with Crippen LogP contribution in [-0.4, -0.2) is 31.3 Å². The zero-order chi connectivity index (χ0) is 25.4. The minimum absolute atomic E-state index is 0.00689. The zero-order valence-electron chi connectivity index (χ0n) is 18.8. The number of ether oxygens (including phenoxy) is 1. The van der Waals surface area contributed by atoms with Crippen LogP contribution < -0.4 is 16.0 Å². The molecule has 0 aliphatic carbocycles. The second kappa shape index (κ2) is 9.34. The van der Waals surface area contributed by atoms with E-state index in [1.54, 1.807) is 0 Å². The molecule has 4 rings (SSSR count). The standard InChI is InChI=1S/C24H25F6N3O2/c1-14(15-9-17(23(25,26)27)11-18(10-15)24(28,29)30)35-13-22(16-5-3-2-4-6-16)8-7-19-20(33-22)12-31-21(34)32-19/h2-6,9-11,14,19-20,33H,7-8,12-13H2,1H3,(H2,31,32,34)/t14-,19?,20?,22?/m1/s1. The van der Waals surface area contributed by atoms with Crippen LogP contribution in [0.4, 0.5) is 31.1 Å². The first-order valence-corrected chi connectivity index (χ1v) is 11.2. The Balaban J connectivity index is 1.60. The first-order chi connectivity index (χ1) is 16.4. The molecule has 5 nitrogen and oxygen atoms in total.